The number of nitrogens with zero attached hydrogens (tertiary/aromatic N) is 5. The molecule has 1 aliphatic heterocycles. The quantitative estimate of drug-likeness (QED) is 0.413. The molecule has 0 amide bonds. The normalized spacial score (nSPS) is 15.2. The molecule has 33 heavy (non-hydrogen) atoms. The van der Waals surface area contributed by atoms with E-state index in [-0.39, 0.29) is 24.1 Å². The van der Waals surface area contributed by atoms with Crippen molar-refractivity contribution in [3.05, 3.63) is 39.8 Å². The third-order valence-corrected chi connectivity index (χ3v) is 5.90. The molecule has 5 N–H and O–H groups in total. The van der Waals surface area contributed by atoms with Crippen LogP contribution in [0.2, 0.25) is 0 Å². The summed E-state index contributed by atoms with van der Waals surface area (Å²) in [6.07, 6.45) is 0. The van der Waals surface area contributed by atoms with Crippen molar-refractivity contribution in [1.29, 1.82) is 0 Å². The summed E-state index contributed by atoms with van der Waals surface area (Å²) < 4.78 is 12.6. The topological polar surface area (TPSA) is 141 Å². The minimum Gasteiger partial charge on any atom is -0.496 e. The number of anilines is 1. The predicted octanol–water partition coefficient (Wildman–Crippen LogP) is 0.234. The fourth-order valence-electron chi connectivity index (χ4n) is 4.17. The number of nitrogens with two attached hydrogens (primary N) is 2. The van der Waals surface area contributed by atoms with Crippen LogP contribution in [0, 0.1) is 0 Å². The first kappa shape index (κ1) is 23.0. The highest BCUT2D eigenvalue weighted by atomic mass is 16.5. The fourth-order valence-corrected chi connectivity index (χ4v) is 4.17. The zero-order valence-corrected chi connectivity index (χ0v) is 19.2. The van der Waals surface area contributed by atoms with Crippen molar-refractivity contribution in [2.24, 2.45) is 5.73 Å². The van der Waals surface area contributed by atoms with Gasteiger partial charge < -0.3 is 25.9 Å². The molecular weight excluding hydrogens is 424 g/mol. The molecule has 4 rings (SSSR count). The molecule has 11 nitrogen and oxygen atoms in total. The summed E-state index contributed by atoms with van der Waals surface area (Å²) >= 11 is 0. The summed E-state index contributed by atoms with van der Waals surface area (Å²) in [4.78, 5) is 28.7. The zero-order chi connectivity index (χ0) is 23.4. The third-order valence-electron chi connectivity index (χ3n) is 5.90. The number of methoxy groups -OCH3 is 1. The van der Waals surface area contributed by atoms with Crippen molar-refractivity contribution in [3.63, 3.8) is 0 Å². The van der Waals surface area contributed by atoms with E-state index in [4.69, 9.17) is 20.9 Å². The van der Waals surface area contributed by atoms with Gasteiger partial charge in [-0.1, -0.05) is 12.1 Å². The maximum Gasteiger partial charge on any atom is 0.328 e. The van der Waals surface area contributed by atoms with Crippen LogP contribution in [0.25, 0.3) is 11.2 Å². The van der Waals surface area contributed by atoms with E-state index in [9.17, 15) is 4.79 Å². The second-order valence-corrected chi connectivity index (χ2v) is 8.09. The standard InChI is InChI=1S/C22H32N8O3/c1-3-33-21-26-19(24)18-20(27-21)30(22(31)25-18)14-16-5-4-15(12-17(16)32-2)13-29-10-8-28(7-6-23)9-11-29/h4-5,12H,3,6-11,13-14,23H2,1-2H3,(H,25,31)(H2,24,26,27). The van der Waals surface area contributed by atoms with Gasteiger partial charge in [0.2, 0.25) is 0 Å². The SMILES string of the molecule is CCOc1nc(N)c2[nH]c(=O)n(Cc3ccc(CN4CCN(CCN)CC4)cc3OC)c2n1. The van der Waals surface area contributed by atoms with Gasteiger partial charge in [0.15, 0.2) is 11.5 Å². The van der Waals surface area contributed by atoms with Gasteiger partial charge in [-0.05, 0) is 18.6 Å². The lowest BCUT2D eigenvalue weighted by Crippen LogP contribution is -2.47. The molecule has 1 saturated heterocycles. The van der Waals surface area contributed by atoms with E-state index in [0.29, 0.717) is 24.3 Å². The average molecular weight is 457 g/mol. The van der Waals surface area contributed by atoms with E-state index in [1.54, 1.807) is 7.11 Å². The van der Waals surface area contributed by atoms with Crippen molar-refractivity contribution in [1.82, 2.24) is 29.3 Å². The number of aromatic amines is 1. The lowest BCUT2D eigenvalue weighted by atomic mass is 10.1. The number of imidazole rings is 1. The number of benzene rings is 1. The lowest BCUT2D eigenvalue weighted by Gasteiger charge is -2.34. The number of hydrogen-bond acceptors (Lipinski definition) is 9. The number of nitrogens with one attached hydrogen (secondary N) is 1. The maximum atomic E-state index is 12.7. The highest BCUT2D eigenvalue weighted by molar-refractivity contribution is 5.82. The van der Waals surface area contributed by atoms with E-state index in [1.165, 1.54) is 10.1 Å². The summed E-state index contributed by atoms with van der Waals surface area (Å²) in [6, 6.07) is 6.26. The van der Waals surface area contributed by atoms with Gasteiger partial charge in [-0.2, -0.15) is 9.97 Å². The summed E-state index contributed by atoms with van der Waals surface area (Å²) in [5, 5.41) is 0. The molecule has 0 radical (unpaired) electrons. The molecule has 3 aromatic rings. The number of fused-ring (bicyclic) bond motifs is 1. The van der Waals surface area contributed by atoms with Gasteiger partial charge in [-0.25, -0.2) is 4.79 Å². The number of ether oxygens (including phenoxy) is 2. The van der Waals surface area contributed by atoms with Crippen molar-refractivity contribution < 1.29 is 9.47 Å². The first-order valence-corrected chi connectivity index (χ1v) is 11.2. The Morgan fingerprint density at radius 1 is 1.12 bits per heavy atom. The van der Waals surface area contributed by atoms with Crippen LogP contribution in [0.1, 0.15) is 18.1 Å². The molecule has 178 valence electrons. The Bertz CT molecular complexity index is 1150. The fraction of sp³-hybridized carbons (Fsp3) is 0.500. The van der Waals surface area contributed by atoms with Crippen LogP contribution in [-0.2, 0) is 13.1 Å². The van der Waals surface area contributed by atoms with Gasteiger partial charge in [0, 0.05) is 51.4 Å². The molecule has 0 spiro atoms. The summed E-state index contributed by atoms with van der Waals surface area (Å²) in [5.41, 5.74) is 14.2. The monoisotopic (exact) mass is 456 g/mol. The number of hydrogen-bond donors (Lipinski definition) is 3. The van der Waals surface area contributed by atoms with Gasteiger partial charge in [0.25, 0.3) is 0 Å². The van der Waals surface area contributed by atoms with Crippen molar-refractivity contribution in [3.8, 4) is 11.8 Å². The summed E-state index contributed by atoms with van der Waals surface area (Å²) in [7, 11) is 1.64. The Kier molecular flexibility index (Phi) is 7.11. The molecule has 0 atom stereocenters. The van der Waals surface area contributed by atoms with E-state index in [1.807, 2.05) is 19.1 Å². The molecule has 0 bridgehead atoms. The molecule has 3 heterocycles. The number of nitrogen functional groups attached to an aromatic ring is 1. The van der Waals surface area contributed by atoms with Gasteiger partial charge in [0.05, 0.1) is 20.3 Å². The Hall–Kier alpha value is -3.15. The highest BCUT2D eigenvalue weighted by Gasteiger charge is 2.18. The Morgan fingerprint density at radius 3 is 2.58 bits per heavy atom. The molecule has 1 fully saturated rings. The number of aromatic nitrogens is 4. The first-order chi connectivity index (χ1) is 16.0. The van der Waals surface area contributed by atoms with Gasteiger partial charge in [-0.3, -0.25) is 14.4 Å². The third kappa shape index (κ3) is 5.10. The molecule has 1 aliphatic rings. The largest absolute Gasteiger partial charge is 0.496 e. The Labute approximate surface area is 192 Å². The lowest BCUT2D eigenvalue weighted by molar-refractivity contribution is 0.130. The van der Waals surface area contributed by atoms with Crippen LogP contribution >= 0.6 is 0 Å². The van der Waals surface area contributed by atoms with Crippen LogP contribution in [0.5, 0.6) is 11.8 Å². The Balaban J connectivity index is 1.54. The van der Waals surface area contributed by atoms with E-state index in [2.05, 4.69) is 30.8 Å². The summed E-state index contributed by atoms with van der Waals surface area (Å²) in [6.45, 7) is 9.10. The van der Waals surface area contributed by atoms with Crippen molar-refractivity contribution in [2.75, 3.05) is 58.7 Å². The van der Waals surface area contributed by atoms with E-state index >= 15 is 0 Å². The second-order valence-electron chi connectivity index (χ2n) is 8.09. The van der Waals surface area contributed by atoms with E-state index in [0.717, 1.165) is 50.6 Å². The molecule has 0 unspecified atom stereocenters. The van der Waals surface area contributed by atoms with Crippen LogP contribution < -0.4 is 26.6 Å². The summed E-state index contributed by atoms with van der Waals surface area (Å²) in [5.74, 6) is 0.899. The molecule has 2 aromatic heterocycles. The first-order valence-electron chi connectivity index (χ1n) is 11.2. The zero-order valence-electron chi connectivity index (χ0n) is 19.2. The molecule has 1 aromatic carbocycles. The van der Waals surface area contributed by atoms with Crippen molar-refractivity contribution in [2.45, 2.75) is 20.0 Å². The number of piperazine rings is 1. The van der Waals surface area contributed by atoms with Gasteiger partial charge in [-0.15, -0.1) is 0 Å². The second kappa shape index (κ2) is 10.2. The number of rotatable bonds is 9. The highest BCUT2D eigenvalue weighted by Crippen LogP contribution is 2.24. The minimum atomic E-state index is -0.318. The van der Waals surface area contributed by atoms with Crippen LogP contribution in [-0.4, -0.2) is 82.3 Å². The van der Waals surface area contributed by atoms with Crippen LogP contribution in [0.15, 0.2) is 23.0 Å². The van der Waals surface area contributed by atoms with E-state index < -0.39 is 0 Å². The minimum absolute atomic E-state index is 0.143. The molecule has 0 saturated carbocycles. The average Bonchev–Trinajstić information content (AvgIpc) is 3.12. The molecular formula is C22H32N8O3. The molecule has 11 heteroatoms. The van der Waals surface area contributed by atoms with Crippen LogP contribution in [0.4, 0.5) is 5.82 Å². The molecule has 0 aliphatic carbocycles. The van der Waals surface area contributed by atoms with Crippen molar-refractivity contribution >= 4 is 17.0 Å². The smallest absolute Gasteiger partial charge is 0.328 e. The Morgan fingerprint density at radius 2 is 1.88 bits per heavy atom. The number of H-pyrrole nitrogens is 1. The maximum absolute atomic E-state index is 12.7. The van der Waals surface area contributed by atoms with Gasteiger partial charge >= 0.3 is 11.7 Å². The predicted molar refractivity (Wildman–Crippen MR) is 127 cm³/mol. The van der Waals surface area contributed by atoms with Crippen LogP contribution in [0.3, 0.4) is 0 Å². The van der Waals surface area contributed by atoms with Gasteiger partial charge in [0.1, 0.15) is 11.3 Å².